The number of carbonyl (C=O) groups is 1. The van der Waals surface area contributed by atoms with Crippen molar-refractivity contribution in [3.63, 3.8) is 0 Å². The third-order valence-electron chi connectivity index (χ3n) is 3.08. The number of benzene rings is 1. The van der Waals surface area contributed by atoms with Gasteiger partial charge in [0, 0.05) is 17.5 Å². The summed E-state index contributed by atoms with van der Waals surface area (Å²) in [6.45, 7) is -0.0371. The smallest absolute Gasteiger partial charge is 0.335 e. The Morgan fingerprint density at radius 2 is 2.05 bits per heavy atom. The summed E-state index contributed by atoms with van der Waals surface area (Å²) in [5.41, 5.74) is 2.10. The zero-order valence-electron chi connectivity index (χ0n) is 10.5. The Balaban J connectivity index is 1.85. The fourth-order valence-corrected chi connectivity index (χ4v) is 3.05. The third-order valence-corrected chi connectivity index (χ3v) is 4.07. The van der Waals surface area contributed by atoms with E-state index in [-0.39, 0.29) is 12.2 Å². The zero-order chi connectivity index (χ0) is 14.1. The second-order valence-corrected chi connectivity index (χ2v) is 5.53. The quantitative estimate of drug-likeness (QED) is 0.771. The number of thiazole rings is 1. The van der Waals surface area contributed by atoms with Gasteiger partial charge in [-0.3, -0.25) is 4.40 Å². The van der Waals surface area contributed by atoms with Gasteiger partial charge in [-0.2, -0.15) is 0 Å². The van der Waals surface area contributed by atoms with Crippen LogP contribution in [0.1, 0.15) is 26.5 Å². The highest BCUT2D eigenvalue weighted by Gasteiger charge is 2.08. The summed E-state index contributed by atoms with van der Waals surface area (Å²) in [7, 11) is 0. The van der Waals surface area contributed by atoms with Crippen LogP contribution < -0.4 is 0 Å². The maximum absolute atomic E-state index is 10.8. The number of carboxylic acids is 1. The number of carboxylic acid groups (broad SMARTS) is 1. The average Bonchev–Trinajstić information content (AvgIpc) is 2.98. The molecule has 0 bridgehead atoms. The number of nitrogens with zero attached hydrogens (tertiary/aromatic N) is 2. The number of hydrogen-bond acceptors (Lipinski definition) is 4. The van der Waals surface area contributed by atoms with Gasteiger partial charge in [0.15, 0.2) is 4.96 Å². The summed E-state index contributed by atoms with van der Waals surface area (Å²) in [4.78, 5) is 17.0. The first kappa shape index (κ1) is 12.8. The standard InChI is InChI=1S/C14H12N2O3S/c17-8-11-6-15-14-16(11)7-12(20-14)5-9-1-3-10(4-2-9)13(18)19/h1-4,6-7,17H,5,8H2,(H,18,19). The van der Waals surface area contributed by atoms with Crippen LogP contribution in [-0.4, -0.2) is 25.6 Å². The first-order chi connectivity index (χ1) is 9.67. The third kappa shape index (κ3) is 2.31. The molecular weight excluding hydrogens is 276 g/mol. The van der Waals surface area contributed by atoms with Crippen LogP contribution in [-0.2, 0) is 13.0 Å². The Bertz CT molecular complexity index is 758. The van der Waals surface area contributed by atoms with Gasteiger partial charge in [-0.1, -0.05) is 12.1 Å². The second kappa shape index (κ2) is 5.07. The normalized spacial score (nSPS) is 11.1. The largest absolute Gasteiger partial charge is 0.478 e. The first-order valence-corrected chi connectivity index (χ1v) is 6.87. The van der Waals surface area contributed by atoms with Crippen molar-refractivity contribution in [3.05, 3.63) is 58.4 Å². The number of rotatable bonds is 4. The molecule has 0 aliphatic heterocycles. The van der Waals surface area contributed by atoms with Gasteiger partial charge in [0.25, 0.3) is 0 Å². The molecular formula is C14H12N2O3S. The molecule has 5 nitrogen and oxygen atoms in total. The number of fused-ring (bicyclic) bond motifs is 1. The second-order valence-electron chi connectivity index (χ2n) is 4.44. The van der Waals surface area contributed by atoms with E-state index in [0.29, 0.717) is 0 Å². The maximum Gasteiger partial charge on any atom is 0.335 e. The lowest BCUT2D eigenvalue weighted by molar-refractivity contribution is 0.0697. The molecule has 1 aromatic carbocycles. The summed E-state index contributed by atoms with van der Waals surface area (Å²) >= 11 is 1.56. The van der Waals surface area contributed by atoms with Crippen LogP contribution in [0, 0.1) is 0 Å². The van der Waals surface area contributed by atoms with E-state index in [2.05, 4.69) is 4.98 Å². The average molecular weight is 288 g/mol. The fourth-order valence-electron chi connectivity index (χ4n) is 2.04. The van der Waals surface area contributed by atoms with E-state index < -0.39 is 5.97 Å². The topological polar surface area (TPSA) is 74.8 Å². The van der Waals surface area contributed by atoms with E-state index in [9.17, 15) is 9.90 Å². The van der Waals surface area contributed by atoms with Gasteiger partial charge in [-0.05, 0) is 17.7 Å². The van der Waals surface area contributed by atoms with Crippen molar-refractivity contribution >= 4 is 22.3 Å². The van der Waals surface area contributed by atoms with Crippen molar-refractivity contribution in [2.24, 2.45) is 0 Å². The molecule has 0 spiro atoms. The molecule has 2 aromatic heterocycles. The monoisotopic (exact) mass is 288 g/mol. The predicted molar refractivity (Wildman–Crippen MR) is 75.2 cm³/mol. The van der Waals surface area contributed by atoms with Crippen molar-refractivity contribution in [1.29, 1.82) is 0 Å². The van der Waals surface area contributed by atoms with Crippen LogP contribution in [0.2, 0.25) is 0 Å². The molecule has 6 heteroatoms. The summed E-state index contributed by atoms with van der Waals surface area (Å²) in [5, 5.41) is 18.1. The zero-order valence-corrected chi connectivity index (χ0v) is 11.3. The highest BCUT2D eigenvalue weighted by molar-refractivity contribution is 7.17. The van der Waals surface area contributed by atoms with Gasteiger partial charge in [0.1, 0.15) is 0 Å². The molecule has 2 N–H and O–H groups in total. The SMILES string of the molecule is O=C(O)c1ccc(Cc2cn3c(CO)cnc3s2)cc1. The fraction of sp³-hybridized carbons (Fsp3) is 0.143. The van der Waals surface area contributed by atoms with E-state index in [1.54, 1.807) is 29.7 Å². The van der Waals surface area contributed by atoms with Gasteiger partial charge >= 0.3 is 5.97 Å². The minimum atomic E-state index is -0.918. The van der Waals surface area contributed by atoms with Crippen molar-refractivity contribution < 1.29 is 15.0 Å². The minimum Gasteiger partial charge on any atom is -0.478 e. The van der Waals surface area contributed by atoms with Crippen molar-refractivity contribution in [1.82, 2.24) is 9.38 Å². The summed E-state index contributed by atoms with van der Waals surface area (Å²) in [6.07, 6.45) is 4.35. The van der Waals surface area contributed by atoms with Crippen molar-refractivity contribution in [2.75, 3.05) is 0 Å². The number of aliphatic hydroxyl groups excluding tert-OH is 1. The Morgan fingerprint density at radius 1 is 1.30 bits per heavy atom. The number of imidazole rings is 1. The molecule has 0 radical (unpaired) electrons. The van der Waals surface area contributed by atoms with E-state index >= 15 is 0 Å². The van der Waals surface area contributed by atoms with Gasteiger partial charge in [-0.15, -0.1) is 11.3 Å². The number of aliphatic hydroxyl groups is 1. The van der Waals surface area contributed by atoms with Crippen LogP contribution in [0.4, 0.5) is 0 Å². The summed E-state index contributed by atoms with van der Waals surface area (Å²) in [5.74, 6) is -0.918. The van der Waals surface area contributed by atoms with E-state index in [1.807, 2.05) is 22.7 Å². The van der Waals surface area contributed by atoms with E-state index in [1.165, 1.54) is 0 Å². The van der Waals surface area contributed by atoms with Crippen molar-refractivity contribution in [2.45, 2.75) is 13.0 Å². The maximum atomic E-state index is 10.8. The highest BCUT2D eigenvalue weighted by atomic mass is 32.1. The molecule has 0 atom stereocenters. The minimum absolute atomic E-state index is 0.0371. The molecule has 3 aromatic rings. The molecule has 0 amide bonds. The van der Waals surface area contributed by atoms with Crippen LogP contribution in [0.5, 0.6) is 0 Å². The highest BCUT2D eigenvalue weighted by Crippen LogP contribution is 2.22. The summed E-state index contributed by atoms with van der Waals surface area (Å²) < 4.78 is 1.88. The lowest BCUT2D eigenvalue weighted by atomic mass is 10.1. The number of aromatic nitrogens is 2. The molecule has 20 heavy (non-hydrogen) atoms. The number of aromatic carboxylic acids is 1. The lowest BCUT2D eigenvalue weighted by Crippen LogP contribution is -1.96. The van der Waals surface area contributed by atoms with Crippen LogP contribution in [0.3, 0.4) is 0 Å². The van der Waals surface area contributed by atoms with Gasteiger partial charge in [0.05, 0.1) is 24.1 Å². The van der Waals surface area contributed by atoms with Crippen molar-refractivity contribution in [3.8, 4) is 0 Å². The molecule has 2 heterocycles. The van der Waals surface area contributed by atoms with Crippen LogP contribution >= 0.6 is 11.3 Å². The van der Waals surface area contributed by atoms with Gasteiger partial charge in [0.2, 0.25) is 0 Å². The summed E-state index contributed by atoms with van der Waals surface area (Å²) in [6, 6.07) is 6.85. The molecule has 102 valence electrons. The Kier molecular flexibility index (Phi) is 3.25. The van der Waals surface area contributed by atoms with Gasteiger partial charge in [-0.25, -0.2) is 9.78 Å². The Morgan fingerprint density at radius 3 is 2.70 bits per heavy atom. The predicted octanol–water partition coefficient (Wildman–Crippen LogP) is 2.18. The first-order valence-electron chi connectivity index (χ1n) is 6.05. The molecule has 0 unspecified atom stereocenters. The lowest BCUT2D eigenvalue weighted by Gasteiger charge is -1.99. The molecule has 0 saturated heterocycles. The Hall–Kier alpha value is -2.18. The molecule has 0 aliphatic rings. The molecule has 0 aliphatic carbocycles. The molecule has 3 rings (SSSR count). The van der Waals surface area contributed by atoms with Crippen LogP contribution in [0.25, 0.3) is 4.96 Å². The van der Waals surface area contributed by atoms with Crippen LogP contribution in [0.15, 0.2) is 36.7 Å². The van der Waals surface area contributed by atoms with E-state index in [4.69, 9.17) is 5.11 Å². The van der Waals surface area contributed by atoms with E-state index in [0.717, 1.165) is 27.5 Å². The van der Waals surface area contributed by atoms with Gasteiger partial charge < -0.3 is 10.2 Å². The Labute approximate surface area is 118 Å². The number of hydrogen-bond donors (Lipinski definition) is 2. The molecule has 0 saturated carbocycles. The molecule has 0 fully saturated rings.